The van der Waals surface area contributed by atoms with Crippen LogP contribution < -0.4 is 0 Å². The van der Waals surface area contributed by atoms with Crippen LogP contribution in [0.1, 0.15) is 61.3 Å². The third kappa shape index (κ3) is 5.68. The molecule has 0 amide bonds. The van der Waals surface area contributed by atoms with Gasteiger partial charge in [-0.1, -0.05) is 51.8 Å². The van der Waals surface area contributed by atoms with Crippen molar-refractivity contribution in [1.29, 1.82) is 0 Å². The Morgan fingerprint density at radius 1 is 1.14 bits per heavy atom. The van der Waals surface area contributed by atoms with Gasteiger partial charge in [-0.25, -0.2) is 9.59 Å². The molecule has 0 aliphatic heterocycles. The zero-order chi connectivity index (χ0) is 16.8. The lowest BCUT2D eigenvalue weighted by molar-refractivity contribution is 0.0353. The smallest absolute Gasteiger partial charge is 0.340 e. The highest BCUT2D eigenvalue weighted by atomic mass is 35.5. The molecule has 5 heteroatoms. The number of esters is 2. The molecule has 22 heavy (non-hydrogen) atoms. The van der Waals surface area contributed by atoms with Crippen molar-refractivity contribution in [2.24, 2.45) is 5.41 Å². The first kappa shape index (κ1) is 18.5. The average molecular weight is 327 g/mol. The predicted octanol–water partition coefficient (Wildman–Crippen LogP) is 4.50. The lowest BCUT2D eigenvalue weighted by Crippen LogP contribution is -2.20. The quantitative estimate of drug-likeness (QED) is 0.570. The Hall–Kier alpha value is -1.55. The molecule has 0 heterocycles. The molecule has 0 fully saturated rings. The van der Waals surface area contributed by atoms with Gasteiger partial charge in [0.2, 0.25) is 0 Å². The van der Waals surface area contributed by atoms with Crippen LogP contribution in [0, 0.1) is 5.41 Å². The van der Waals surface area contributed by atoms with Crippen LogP contribution in [0.4, 0.5) is 0 Å². The first-order valence-corrected chi connectivity index (χ1v) is 7.77. The SMILES string of the molecule is CCCCOC(=O)c1c(Cl)cccc1C(=O)OCC(C)(C)C. The fourth-order valence-corrected chi connectivity index (χ4v) is 1.89. The highest BCUT2D eigenvalue weighted by Gasteiger charge is 2.23. The van der Waals surface area contributed by atoms with E-state index in [1.165, 1.54) is 6.07 Å². The summed E-state index contributed by atoms with van der Waals surface area (Å²) in [6.45, 7) is 8.42. The number of unbranched alkanes of at least 4 members (excludes halogenated alkanes) is 1. The molecule has 122 valence electrons. The number of hydrogen-bond acceptors (Lipinski definition) is 4. The van der Waals surface area contributed by atoms with Crippen molar-refractivity contribution in [1.82, 2.24) is 0 Å². The molecule has 0 saturated carbocycles. The zero-order valence-electron chi connectivity index (χ0n) is 13.6. The normalized spacial score (nSPS) is 11.1. The van der Waals surface area contributed by atoms with Crippen LogP contribution in [0.15, 0.2) is 18.2 Å². The summed E-state index contributed by atoms with van der Waals surface area (Å²) in [5, 5.41) is 0.187. The van der Waals surface area contributed by atoms with E-state index < -0.39 is 11.9 Å². The van der Waals surface area contributed by atoms with Gasteiger partial charge in [-0.05, 0) is 24.0 Å². The van der Waals surface area contributed by atoms with Crippen molar-refractivity contribution >= 4 is 23.5 Å². The molecule has 0 aliphatic rings. The molecule has 0 bridgehead atoms. The molecule has 0 N–H and O–H groups in total. The zero-order valence-corrected chi connectivity index (χ0v) is 14.3. The Morgan fingerprint density at radius 2 is 1.82 bits per heavy atom. The van der Waals surface area contributed by atoms with E-state index in [0.29, 0.717) is 6.61 Å². The van der Waals surface area contributed by atoms with Crippen LogP contribution in [0.25, 0.3) is 0 Å². The molecule has 1 aromatic rings. The van der Waals surface area contributed by atoms with Gasteiger partial charge in [0, 0.05) is 0 Å². The molecule has 1 aromatic carbocycles. The van der Waals surface area contributed by atoms with E-state index >= 15 is 0 Å². The third-order valence-corrected chi connectivity index (χ3v) is 3.12. The number of ether oxygens (including phenoxy) is 2. The van der Waals surface area contributed by atoms with Crippen molar-refractivity contribution < 1.29 is 19.1 Å². The van der Waals surface area contributed by atoms with Gasteiger partial charge in [0.25, 0.3) is 0 Å². The van der Waals surface area contributed by atoms with Gasteiger partial charge in [-0.3, -0.25) is 0 Å². The number of hydrogen-bond donors (Lipinski definition) is 0. The van der Waals surface area contributed by atoms with Crippen LogP contribution in [-0.2, 0) is 9.47 Å². The second-order valence-electron chi connectivity index (χ2n) is 6.29. The summed E-state index contributed by atoms with van der Waals surface area (Å²) < 4.78 is 10.4. The van der Waals surface area contributed by atoms with E-state index in [1.54, 1.807) is 12.1 Å². The minimum absolute atomic E-state index is 0.0687. The van der Waals surface area contributed by atoms with Gasteiger partial charge >= 0.3 is 11.9 Å². The summed E-state index contributed by atoms with van der Waals surface area (Å²) in [5.74, 6) is -1.17. The van der Waals surface area contributed by atoms with E-state index in [-0.39, 0.29) is 28.2 Å². The monoisotopic (exact) mass is 326 g/mol. The molecule has 0 spiro atoms. The van der Waals surface area contributed by atoms with Gasteiger partial charge in [0.15, 0.2) is 0 Å². The molecular formula is C17H23ClO4. The maximum absolute atomic E-state index is 12.2. The Labute approximate surface area is 136 Å². The molecule has 0 aliphatic carbocycles. The molecule has 0 atom stereocenters. The van der Waals surface area contributed by atoms with Crippen molar-refractivity contribution in [3.05, 3.63) is 34.3 Å². The van der Waals surface area contributed by atoms with Crippen molar-refractivity contribution in [3.8, 4) is 0 Å². The first-order valence-electron chi connectivity index (χ1n) is 7.39. The number of carbonyl (C=O) groups is 2. The largest absolute Gasteiger partial charge is 0.462 e. The highest BCUT2D eigenvalue weighted by molar-refractivity contribution is 6.34. The topological polar surface area (TPSA) is 52.6 Å². The number of benzene rings is 1. The molecular weight excluding hydrogens is 304 g/mol. The second-order valence-corrected chi connectivity index (χ2v) is 6.70. The molecule has 4 nitrogen and oxygen atoms in total. The standard InChI is InChI=1S/C17H23ClO4/c1-5-6-10-21-16(20)14-12(8-7-9-13(14)18)15(19)22-11-17(2,3)4/h7-9H,5-6,10-11H2,1-4H3. The van der Waals surface area contributed by atoms with Crippen LogP contribution in [0.3, 0.4) is 0 Å². The Balaban J connectivity index is 2.93. The summed E-state index contributed by atoms with van der Waals surface area (Å²) in [4.78, 5) is 24.4. The van der Waals surface area contributed by atoms with Crippen LogP contribution in [0.5, 0.6) is 0 Å². The third-order valence-electron chi connectivity index (χ3n) is 2.80. The molecule has 0 aromatic heterocycles. The summed E-state index contributed by atoms with van der Waals surface area (Å²) >= 11 is 6.06. The van der Waals surface area contributed by atoms with E-state index in [4.69, 9.17) is 21.1 Å². The summed E-state index contributed by atoms with van der Waals surface area (Å²) in [7, 11) is 0. The van der Waals surface area contributed by atoms with Crippen molar-refractivity contribution in [2.45, 2.75) is 40.5 Å². The van der Waals surface area contributed by atoms with E-state index in [9.17, 15) is 9.59 Å². The van der Waals surface area contributed by atoms with Crippen LogP contribution >= 0.6 is 11.6 Å². The summed E-state index contributed by atoms with van der Waals surface area (Å²) in [6, 6.07) is 4.69. The lowest BCUT2D eigenvalue weighted by atomic mass is 9.98. The lowest BCUT2D eigenvalue weighted by Gasteiger charge is -2.18. The number of carbonyl (C=O) groups excluding carboxylic acids is 2. The summed E-state index contributed by atoms with van der Waals surface area (Å²) in [6.07, 6.45) is 1.68. The number of halogens is 1. The Bertz CT molecular complexity index is 532. The van der Waals surface area contributed by atoms with Gasteiger partial charge in [-0.2, -0.15) is 0 Å². The maximum atomic E-state index is 12.2. The van der Waals surface area contributed by atoms with Gasteiger partial charge < -0.3 is 9.47 Å². The minimum atomic E-state index is -0.596. The van der Waals surface area contributed by atoms with E-state index in [0.717, 1.165) is 12.8 Å². The molecule has 0 saturated heterocycles. The van der Waals surface area contributed by atoms with Crippen molar-refractivity contribution in [2.75, 3.05) is 13.2 Å². The Kier molecular flexibility index (Phi) is 6.88. The number of rotatable bonds is 6. The molecule has 0 radical (unpaired) electrons. The molecule has 1 rings (SSSR count). The minimum Gasteiger partial charge on any atom is -0.462 e. The highest BCUT2D eigenvalue weighted by Crippen LogP contribution is 2.23. The van der Waals surface area contributed by atoms with Gasteiger partial charge in [-0.15, -0.1) is 0 Å². The van der Waals surface area contributed by atoms with Gasteiger partial charge in [0.05, 0.1) is 29.4 Å². The predicted molar refractivity (Wildman–Crippen MR) is 86.4 cm³/mol. The molecule has 0 unspecified atom stereocenters. The Morgan fingerprint density at radius 3 is 2.41 bits per heavy atom. The van der Waals surface area contributed by atoms with E-state index in [1.807, 2.05) is 27.7 Å². The first-order chi connectivity index (χ1) is 10.3. The van der Waals surface area contributed by atoms with Crippen molar-refractivity contribution in [3.63, 3.8) is 0 Å². The maximum Gasteiger partial charge on any atom is 0.340 e. The second kappa shape index (κ2) is 8.18. The van der Waals surface area contributed by atoms with Crippen LogP contribution in [0.2, 0.25) is 5.02 Å². The fourth-order valence-electron chi connectivity index (χ4n) is 1.64. The fraction of sp³-hybridized carbons (Fsp3) is 0.529. The van der Waals surface area contributed by atoms with E-state index in [2.05, 4.69) is 0 Å². The van der Waals surface area contributed by atoms with Crippen LogP contribution in [-0.4, -0.2) is 25.2 Å². The van der Waals surface area contributed by atoms with Gasteiger partial charge in [0.1, 0.15) is 0 Å². The average Bonchev–Trinajstić information content (AvgIpc) is 2.43. The summed E-state index contributed by atoms with van der Waals surface area (Å²) in [5.41, 5.74) is 0.0492.